The molecule has 2 heterocycles. The maximum atomic E-state index is 12.8. The van der Waals surface area contributed by atoms with Crippen LogP contribution in [0.25, 0.3) is 10.6 Å². The number of anilines is 1. The molecule has 1 aliphatic rings. The van der Waals surface area contributed by atoms with Crippen LogP contribution in [0.1, 0.15) is 30.7 Å². The number of amides is 2. The maximum absolute atomic E-state index is 12.8. The minimum Gasteiger partial charge on any atom is -0.384 e. The highest BCUT2D eigenvalue weighted by Gasteiger charge is 2.31. The van der Waals surface area contributed by atoms with Gasteiger partial charge in [-0.05, 0) is 38.3 Å². The van der Waals surface area contributed by atoms with Crippen molar-refractivity contribution in [3.63, 3.8) is 0 Å². The van der Waals surface area contributed by atoms with Gasteiger partial charge in [0, 0.05) is 24.9 Å². The molecule has 1 aromatic heterocycles. The average Bonchev–Trinajstić information content (AvgIpc) is 3.12. The Morgan fingerprint density at radius 3 is 2.93 bits per heavy atom. The van der Waals surface area contributed by atoms with Crippen molar-refractivity contribution in [1.82, 2.24) is 15.1 Å². The topological polar surface area (TPSA) is 84.4 Å². The third kappa shape index (κ3) is 4.90. The summed E-state index contributed by atoms with van der Waals surface area (Å²) in [6, 6.07) is 7.11. The van der Waals surface area contributed by atoms with Crippen LogP contribution in [0.5, 0.6) is 0 Å². The molecule has 0 aliphatic carbocycles. The number of nitrogens with one attached hydrogen (secondary N) is 1. The molecule has 0 unspecified atom stereocenters. The summed E-state index contributed by atoms with van der Waals surface area (Å²) in [5, 5.41) is 12.9. The summed E-state index contributed by atoms with van der Waals surface area (Å²) in [5.74, 6) is -0.180. The number of carbonyl (C=O) groups is 2. The van der Waals surface area contributed by atoms with Crippen LogP contribution in [0.15, 0.2) is 24.3 Å². The summed E-state index contributed by atoms with van der Waals surface area (Å²) in [6.07, 6.45) is 2.84. The number of hydrogen-bond donors (Lipinski definition) is 1. The number of rotatable bonds is 6. The molecule has 1 aromatic carbocycles. The fraction of sp³-hybridized carbons (Fsp3) is 0.474. The van der Waals surface area contributed by atoms with Crippen LogP contribution >= 0.6 is 11.3 Å². The molecule has 7 nitrogen and oxygen atoms in total. The Labute approximate surface area is 162 Å². The second-order valence-electron chi connectivity index (χ2n) is 6.54. The largest absolute Gasteiger partial charge is 0.384 e. The van der Waals surface area contributed by atoms with Crippen molar-refractivity contribution in [1.29, 1.82) is 0 Å². The predicted molar refractivity (Wildman–Crippen MR) is 105 cm³/mol. The van der Waals surface area contributed by atoms with Crippen LogP contribution in [0, 0.1) is 6.92 Å². The van der Waals surface area contributed by atoms with Gasteiger partial charge in [-0.1, -0.05) is 23.5 Å². The van der Waals surface area contributed by atoms with Gasteiger partial charge in [-0.3, -0.25) is 9.59 Å². The third-order valence-corrected chi connectivity index (χ3v) is 5.44. The number of nitrogens with zero attached hydrogens (tertiary/aromatic N) is 3. The second kappa shape index (κ2) is 9.05. The zero-order valence-corrected chi connectivity index (χ0v) is 16.4. The summed E-state index contributed by atoms with van der Waals surface area (Å²) in [5.41, 5.74) is 1.61. The first-order valence-electron chi connectivity index (χ1n) is 9.08. The molecule has 0 saturated carbocycles. The van der Waals surface area contributed by atoms with Crippen LogP contribution in [-0.2, 0) is 14.3 Å². The molecular weight excluding hydrogens is 364 g/mol. The van der Waals surface area contributed by atoms with Crippen molar-refractivity contribution in [2.45, 2.75) is 38.6 Å². The first kappa shape index (κ1) is 19.4. The Morgan fingerprint density at radius 1 is 1.33 bits per heavy atom. The van der Waals surface area contributed by atoms with E-state index in [-0.39, 0.29) is 11.8 Å². The molecule has 144 valence electrons. The van der Waals surface area contributed by atoms with Crippen molar-refractivity contribution < 1.29 is 14.3 Å². The molecule has 0 spiro atoms. The molecule has 0 bridgehead atoms. The van der Waals surface area contributed by atoms with E-state index in [0.29, 0.717) is 31.7 Å². The highest BCUT2D eigenvalue weighted by atomic mass is 32.1. The van der Waals surface area contributed by atoms with Gasteiger partial charge in [-0.25, -0.2) is 0 Å². The smallest absolute Gasteiger partial charge is 0.247 e. The van der Waals surface area contributed by atoms with Gasteiger partial charge >= 0.3 is 0 Å². The molecular formula is C19H24N4O3S. The van der Waals surface area contributed by atoms with E-state index in [1.54, 1.807) is 12.0 Å². The minimum absolute atomic E-state index is 0.0326. The van der Waals surface area contributed by atoms with Gasteiger partial charge in [0.25, 0.3) is 0 Å². The Bertz CT molecular complexity index is 808. The predicted octanol–water partition coefficient (Wildman–Crippen LogP) is 2.87. The fourth-order valence-electron chi connectivity index (χ4n) is 3.20. The van der Waals surface area contributed by atoms with Crippen molar-refractivity contribution >= 4 is 28.8 Å². The van der Waals surface area contributed by atoms with Crippen LogP contribution in [-0.4, -0.2) is 53.2 Å². The molecule has 1 atom stereocenters. The van der Waals surface area contributed by atoms with E-state index >= 15 is 0 Å². The summed E-state index contributed by atoms with van der Waals surface area (Å²) in [4.78, 5) is 27.0. The van der Waals surface area contributed by atoms with Gasteiger partial charge in [0.05, 0.1) is 13.0 Å². The van der Waals surface area contributed by atoms with Crippen LogP contribution in [0.3, 0.4) is 0 Å². The Kier molecular flexibility index (Phi) is 6.52. The van der Waals surface area contributed by atoms with Crippen molar-refractivity contribution in [2.24, 2.45) is 0 Å². The normalized spacial score (nSPS) is 17.0. The zero-order valence-electron chi connectivity index (χ0n) is 15.6. The standard InChI is InChI=1S/C19H24N4O3S/c1-13-21-22-19(27-13)14-6-5-7-15(12-14)20-18(25)16-8-3-4-10-23(16)17(24)9-11-26-2/h5-7,12,16H,3-4,8-11H2,1-2H3,(H,20,25)/t16-/m0/s1. The highest BCUT2D eigenvalue weighted by Crippen LogP contribution is 2.26. The fourth-order valence-corrected chi connectivity index (χ4v) is 3.89. The lowest BCUT2D eigenvalue weighted by Crippen LogP contribution is -2.50. The molecule has 1 fully saturated rings. The first-order valence-corrected chi connectivity index (χ1v) is 9.90. The number of piperidine rings is 1. The van der Waals surface area contributed by atoms with E-state index in [0.717, 1.165) is 28.4 Å². The minimum atomic E-state index is -0.435. The summed E-state index contributed by atoms with van der Waals surface area (Å²) < 4.78 is 4.99. The van der Waals surface area contributed by atoms with Gasteiger partial charge < -0.3 is 15.0 Å². The quantitative estimate of drug-likeness (QED) is 0.823. The lowest BCUT2D eigenvalue weighted by atomic mass is 10.0. The van der Waals surface area contributed by atoms with Crippen LogP contribution < -0.4 is 5.32 Å². The zero-order chi connectivity index (χ0) is 19.2. The number of methoxy groups -OCH3 is 1. The first-order chi connectivity index (χ1) is 13.1. The summed E-state index contributed by atoms with van der Waals surface area (Å²) in [7, 11) is 1.57. The van der Waals surface area contributed by atoms with E-state index in [2.05, 4.69) is 15.5 Å². The van der Waals surface area contributed by atoms with Gasteiger partial charge in [0.1, 0.15) is 16.1 Å². The van der Waals surface area contributed by atoms with Crippen molar-refractivity contribution in [3.05, 3.63) is 29.3 Å². The Balaban J connectivity index is 1.70. The molecule has 0 radical (unpaired) electrons. The SMILES string of the molecule is COCCC(=O)N1CCCC[C@H]1C(=O)Nc1cccc(-c2nnc(C)s2)c1. The molecule has 8 heteroatoms. The molecule has 3 rings (SSSR count). The number of ether oxygens (including phenoxy) is 1. The molecule has 1 aliphatic heterocycles. The number of aryl methyl sites for hydroxylation is 1. The van der Waals surface area contributed by atoms with Gasteiger partial charge in [0.15, 0.2) is 0 Å². The van der Waals surface area contributed by atoms with Crippen LogP contribution in [0.2, 0.25) is 0 Å². The van der Waals surface area contributed by atoms with Crippen molar-refractivity contribution in [2.75, 3.05) is 25.6 Å². The molecule has 2 aromatic rings. The molecule has 1 saturated heterocycles. The number of carbonyl (C=O) groups excluding carboxylic acids is 2. The maximum Gasteiger partial charge on any atom is 0.247 e. The van der Waals surface area contributed by atoms with Gasteiger partial charge in [0.2, 0.25) is 11.8 Å². The number of aromatic nitrogens is 2. The molecule has 2 amide bonds. The summed E-state index contributed by atoms with van der Waals surface area (Å²) >= 11 is 1.51. The number of hydrogen-bond acceptors (Lipinski definition) is 6. The average molecular weight is 388 g/mol. The monoisotopic (exact) mass is 388 g/mol. The van der Waals surface area contributed by atoms with E-state index in [9.17, 15) is 9.59 Å². The van der Waals surface area contributed by atoms with Gasteiger partial charge in [-0.15, -0.1) is 10.2 Å². The Hall–Kier alpha value is -2.32. The van der Waals surface area contributed by atoms with E-state index < -0.39 is 6.04 Å². The van der Waals surface area contributed by atoms with Gasteiger partial charge in [-0.2, -0.15) is 0 Å². The van der Waals surface area contributed by atoms with E-state index in [1.807, 2.05) is 31.2 Å². The highest BCUT2D eigenvalue weighted by molar-refractivity contribution is 7.14. The molecule has 1 N–H and O–H groups in total. The third-order valence-electron chi connectivity index (χ3n) is 4.55. The Morgan fingerprint density at radius 2 is 2.19 bits per heavy atom. The van der Waals surface area contributed by atoms with E-state index in [4.69, 9.17) is 4.74 Å². The van der Waals surface area contributed by atoms with Crippen molar-refractivity contribution in [3.8, 4) is 10.6 Å². The lowest BCUT2D eigenvalue weighted by Gasteiger charge is -2.34. The van der Waals surface area contributed by atoms with Crippen LogP contribution in [0.4, 0.5) is 5.69 Å². The number of likely N-dealkylation sites (tertiary alicyclic amines) is 1. The lowest BCUT2D eigenvalue weighted by molar-refractivity contribution is -0.141. The second-order valence-corrected chi connectivity index (χ2v) is 7.72. The number of benzene rings is 1. The van der Waals surface area contributed by atoms with E-state index in [1.165, 1.54) is 11.3 Å². The molecule has 27 heavy (non-hydrogen) atoms. The summed E-state index contributed by atoms with van der Waals surface area (Å²) in [6.45, 7) is 2.89.